The number of rotatable bonds is 8. The molecule has 1 fully saturated rings. The summed E-state index contributed by atoms with van der Waals surface area (Å²) in [6.45, 7) is 0. The van der Waals surface area contributed by atoms with E-state index >= 15 is 0 Å². The monoisotopic (exact) mass is 370 g/mol. The third-order valence-corrected chi connectivity index (χ3v) is 5.04. The molecule has 2 N–H and O–H groups in total. The van der Waals surface area contributed by atoms with Gasteiger partial charge < -0.3 is 19.9 Å². The van der Waals surface area contributed by atoms with Crippen LogP contribution < -0.4 is 14.8 Å². The summed E-state index contributed by atoms with van der Waals surface area (Å²) >= 11 is 0. The standard InChI is InChI=1S/C21H26N2O4/c1-26-18-5-3-4-14(8-18)6-7-20(25)23-21(15-9-17(24)10-15)16-11-19(27-2)13-22-12-16/h3-5,8,11-13,15,17,21,24H,6-7,9-10H2,1-2H3,(H,23,25). The Morgan fingerprint density at radius 1 is 1.22 bits per heavy atom. The second-order valence-corrected chi connectivity index (χ2v) is 6.94. The lowest BCUT2D eigenvalue weighted by Crippen LogP contribution is -2.41. The van der Waals surface area contributed by atoms with Crippen molar-refractivity contribution in [1.29, 1.82) is 0 Å². The predicted molar refractivity (Wildman–Crippen MR) is 102 cm³/mol. The quantitative estimate of drug-likeness (QED) is 0.747. The van der Waals surface area contributed by atoms with Gasteiger partial charge in [0.15, 0.2) is 0 Å². The minimum Gasteiger partial charge on any atom is -0.497 e. The zero-order valence-electron chi connectivity index (χ0n) is 15.7. The number of amides is 1. The predicted octanol–water partition coefficient (Wildman–Crippen LogP) is 2.66. The second kappa shape index (κ2) is 8.86. The van der Waals surface area contributed by atoms with E-state index in [1.54, 1.807) is 26.6 Å². The molecule has 1 aliphatic rings. The average molecular weight is 370 g/mol. The third-order valence-electron chi connectivity index (χ3n) is 5.04. The Kier molecular flexibility index (Phi) is 6.29. The summed E-state index contributed by atoms with van der Waals surface area (Å²) in [6.07, 6.45) is 5.48. The zero-order chi connectivity index (χ0) is 19.2. The van der Waals surface area contributed by atoms with Crippen LogP contribution in [-0.2, 0) is 11.2 Å². The number of carbonyl (C=O) groups excluding carboxylic acids is 1. The minimum atomic E-state index is -0.287. The maximum absolute atomic E-state index is 12.6. The van der Waals surface area contributed by atoms with E-state index in [0.717, 1.165) is 16.9 Å². The van der Waals surface area contributed by atoms with Crippen molar-refractivity contribution in [3.8, 4) is 11.5 Å². The van der Waals surface area contributed by atoms with Gasteiger partial charge in [-0.1, -0.05) is 12.1 Å². The van der Waals surface area contributed by atoms with Crippen LogP contribution in [0.2, 0.25) is 0 Å². The van der Waals surface area contributed by atoms with Crippen LogP contribution in [0.4, 0.5) is 0 Å². The van der Waals surface area contributed by atoms with Gasteiger partial charge in [-0.15, -0.1) is 0 Å². The molecule has 1 unspecified atom stereocenters. The van der Waals surface area contributed by atoms with Gasteiger partial charge in [-0.2, -0.15) is 0 Å². The molecule has 6 nitrogen and oxygen atoms in total. The van der Waals surface area contributed by atoms with Crippen LogP contribution in [0.3, 0.4) is 0 Å². The first-order chi connectivity index (χ1) is 13.1. The number of methoxy groups -OCH3 is 2. The second-order valence-electron chi connectivity index (χ2n) is 6.94. The van der Waals surface area contributed by atoms with Gasteiger partial charge in [-0.05, 0) is 54.5 Å². The molecular weight excluding hydrogens is 344 g/mol. The number of pyridine rings is 1. The Bertz CT molecular complexity index is 774. The number of aliphatic hydroxyl groups excluding tert-OH is 1. The van der Waals surface area contributed by atoms with Crippen LogP contribution in [0.15, 0.2) is 42.7 Å². The van der Waals surface area contributed by atoms with E-state index in [9.17, 15) is 9.90 Å². The molecule has 0 spiro atoms. The van der Waals surface area contributed by atoms with E-state index in [0.29, 0.717) is 31.4 Å². The molecule has 3 rings (SSSR count). The molecule has 1 aromatic carbocycles. The number of hydrogen-bond donors (Lipinski definition) is 2. The molecule has 1 aromatic heterocycles. The number of hydrogen-bond acceptors (Lipinski definition) is 5. The van der Waals surface area contributed by atoms with Gasteiger partial charge in [-0.25, -0.2) is 0 Å². The lowest BCUT2D eigenvalue weighted by molar-refractivity contribution is -0.123. The summed E-state index contributed by atoms with van der Waals surface area (Å²) in [5.74, 6) is 1.63. The third kappa shape index (κ3) is 4.98. The summed E-state index contributed by atoms with van der Waals surface area (Å²) in [5.41, 5.74) is 1.96. The Hall–Kier alpha value is -2.60. The molecule has 6 heteroatoms. The summed E-state index contributed by atoms with van der Waals surface area (Å²) < 4.78 is 10.5. The van der Waals surface area contributed by atoms with Crippen LogP contribution >= 0.6 is 0 Å². The zero-order valence-corrected chi connectivity index (χ0v) is 15.7. The number of benzene rings is 1. The molecule has 2 aromatic rings. The number of aliphatic hydroxyl groups is 1. The average Bonchev–Trinajstić information content (AvgIpc) is 2.68. The lowest BCUT2D eigenvalue weighted by Gasteiger charge is -2.38. The molecule has 1 amide bonds. The van der Waals surface area contributed by atoms with Crippen molar-refractivity contribution >= 4 is 5.91 Å². The molecule has 0 aliphatic heterocycles. The van der Waals surface area contributed by atoms with Crippen molar-refractivity contribution in [3.05, 3.63) is 53.9 Å². The molecule has 0 saturated heterocycles. The number of aromatic nitrogens is 1. The normalized spacial score (nSPS) is 19.7. The van der Waals surface area contributed by atoms with E-state index in [2.05, 4.69) is 10.3 Å². The van der Waals surface area contributed by atoms with Crippen LogP contribution in [0.1, 0.15) is 36.4 Å². The lowest BCUT2D eigenvalue weighted by atomic mass is 9.75. The van der Waals surface area contributed by atoms with Crippen LogP contribution in [-0.4, -0.2) is 36.3 Å². The summed E-state index contributed by atoms with van der Waals surface area (Å²) in [6, 6.07) is 9.46. The maximum atomic E-state index is 12.6. The number of aryl methyl sites for hydroxylation is 1. The van der Waals surface area contributed by atoms with E-state index in [1.165, 1.54) is 0 Å². The summed E-state index contributed by atoms with van der Waals surface area (Å²) in [5, 5.41) is 12.8. The van der Waals surface area contributed by atoms with E-state index in [4.69, 9.17) is 9.47 Å². The van der Waals surface area contributed by atoms with Gasteiger partial charge in [0.2, 0.25) is 5.91 Å². The van der Waals surface area contributed by atoms with Crippen LogP contribution in [0.25, 0.3) is 0 Å². The van der Waals surface area contributed by atoms with E-state index in [1.807, 2.05) is 30.3 Å². The smallest absolute Gasteiger partial charge is 0.220 e. The first-order valence-electron chi connectivity index (χ1n) is 9.18. The Balaban J connectivity index is 1.65. The van der Waals surface area contributed by atoms with Gasteiger partial charge in [0.1, 0.15) is 11.5 Å². The Labute approximate surface area is 159 Å². The van der Waals surface area contributed by atoms with Crippen molar-refractivity contribution in [2.24, 2.45) is 5.92 Å². The fourth-order valence-electron chi connectivity index (χ4n) is 3.42. The van der Waals surface area contributed by atoms with Gasteiger partial charge >= 0.3 is 0 Å². The highest BCUT2D eigenvalue weighted by Gasteiger charge is 2.35. The largest absolute Gasteiger partial charge is 0.497 e. The molecular formula is C21H26N2O4. The topological polar surface area (TPSA) is 80.7 Å². The molecule has 1 atom stereocenters. The highest BCUT2D eigenvalue weighted by Crippen LogP contribution is 2.38. The summed E-state index contributed by atoms with van der Waals surface area (Å²) in [4.78, 5) is 16.8. The molecule has 1 heterocycles. The van der Waals surface area contributed by atoms with Gasteiger partial charge in [0, 0.05) is 12.6 Å². The van der Waals surface area contributed by atoms with E-state index in [-0.39, 0.29) is 24.0 Å². The van der Waals surface area contributed by atoms with Crippen molar-refractivity contribution in [2.75, 3.05) is 14.2 Å². The Morgan fingerprint density at radius 2 is 2.00 bits per heavy atom. The van der Waals surface area contributed by atoms with Crippen molar-refractivity contribution < 1.29 is 19.4 Å². The summed E-state index contributed by atoms with van der Waals surface area (Å²) in [7, 11) is 3.22. The van der Waals surface area contributed by atoms with E-state index < -0.39 is 0 Å². The number of ether oxygens (including phenoxy) is 2. The van der Waals surface area contributed by atoms with Gasteiger partial charge in [0.05, 0.1) is 32.6 Å². The van der Waals surface area contributed by atoms with Crippen LogP contribution in [0.5, 0.6) is 11.5 Å². The molecule has 0 radical (unpaired) electrons. The number of carbonyl (C=O) groups is 1. The molecule has 144 valence electrons. The fraction of sp³-hybridized carbons (Fsp3) is 0.429. The molecule has 1 aliphatic carbocycles. The van der Waals surface area contributed by atoms with Crippen molar-refractivity contribution in [1.82, 2.24) is 10.3 Å². The highest BCUT2D eigenvalue weighted by molar-refractivity contribution is 5.76. The SMILES string of the molecule is COc1cccc(CCC(=O)NC(c2cncc(OC)c2)C2CC(O)C2)c1. The highest BCUT2D eigenvalue weighted by atomic mass is 16.5. The molecule has 1 saturated carbocycles. The Morgan fingerprint density at radius 3 is 2.70 bits per heavy atom. The minimum absolute atomic E-state index is 0.0213. The van der Waals surface area contributed by atoms with Crippen LogP contribution in [0, 0.1) is 5.92 Å². The number of nitrogens with zero attached hydrogens (tertiary/aromatic N) is 1. The fourth-order valence-corrected chi connectivity index (χ4v) is 3.42. The first kappa shape index (κ1) is 19.2. The van der Waals surface area contributed by atoms with Crippen molar-refractivity contribution in [3.63, 3.8) is 0 Å². The molecule has 0 bridgehead atoms. The molecule has 27 heavy (non-hydrogen) atoms. The first-order valence-corrected chi connectivity index (χ1v) is 9.18. The number of nitrogens with one attached hydrogen (secondary N) is 1. The van der Waals surface area contributed by atoms with Gasteiger partial charge in [-0.3, -0.25) is 9.78 Å². The van der Waals surface area contributed by atoms with Gasteiger partial charge in [0.25, 0.3) is 0 Å². The van der Waals surface area contributed by atoms with Crippen molar-refractivity contribution in [2.45, 2.75) is 37.8 Å². The maximum Gasteiger partial charge on any atom is 0.220 e.